The van der Waals surface area contributed by atoms with Crippen LogP contribution in [-0.2, 0) is 37.4 Å². The highest BCUT2D eigenvalue weighted by atomic mass is 32.2. The maximum absolute atomic E-state index is 13.8. The van der Waals surface area contributed by atoms with E-state index in [-0.39, 0.29) is 19.4 Å². The number of likely N-dealkylation sites (tertiary alicyclic amines) is 1. The molecule has 2 unspecified atom stereocenters. The predicted octanol–water partition coefficient (Wildman–Crippen LogP) is 2.42. The number of carbonyl (C=O) groups excluding carboxylic acids is 3. The Morgan fingerprint density at radius 3 is 2.40 bits per heavy atom. The number of hydrogen-bond acceptors (Lipinski definition) is 10. The zero-order valence-electron chi connectivity index (χ0n) is 25.6. The van der Waals surface area contributed by atoms with E-state index >= 15 is 0 Å². The lowest BCUT2D eigenvalue weighted by atomic mass is 10.1. The lowest BCUT2D eigenvalue weighted by molar-refractivity contribution is -0.131. The Morgan fingerprint density at radius 2 is 1.80 bits per heavy atom. The number of hydrogen-bond donors (Lipinski definition) is 2. The molecule has 1 saturated heterocycles. The molecule has 45 heavy (non-hydrogen) atoms. The van der Waals surface area contributed by atoms with Gasteiger partial charge in [0.05, 0.1) is 11.8 Å². The number of anilines is 1. The lowest BCUT2D eigenvalue weighted by Gasteiger charge is -2.29. The Morgan fingerprint density at radius 1 is 1.11 bits per heavy atom. The number of rotatable bonds is 9. The summed E-state index contributed by atoms with van der Waals surface area (Å²) in [5.74, 6) is -1.09. The number of amides is 3. The summed E-state index contributed by atoms with van der Waals surface area (Å²) in [6, 6.07) is 8.71. The predicted molar refractivity (Wildman–Crippen MR) is 163 cm³/mol. The van der Waals surface area contributed by atoms with Crippen molar-refractivity contribution in [2.24, 2.45) is 5.92 Å². The zero-order valence-corrected chi connectivity index (χ0v) is 26.4. The Balaban J connectivity index is 1.18. The average molecular weight is 639 g/mol. The van der Waals surface area contributed by atoms with E-state index in [4.69, 9.17) is 9.47 Å². The molecule has 2 aromatic rings. The van der Waals surface area contributed by atoms with Gasteiger partial charge in [0.25, 0.3) is 5.91 Å². The van der Waals surface area contributed by atoms with Crippen molar-refractivity contribution in [3.63, 3.8) is 0 Å². The molecule has 2 N–H and O–H groups in total. The molecular weight excluding hydrogens is 600 g/mol. The van der Waals surface area contributed by atoms with E-state index in [1.807, 2.05) is 17.0 Å². The summed E-state index contributed by atoms with van der Waals surface area (Å²) in [6.07, 6.45) is 3.04. The van der Waals surface area contributed by atoms with Crippen LogP contribution in [0.25, 0.3) is 0 Å². The molecule has 14 heteroatoms. The lowest BCUT2D eigenvalue weighted by Crippen LogP contribution is -2.56. The number of sulfonamides is 1. The van der Waals surface area contributed by atoms with Gasteiger partial charge in [0, 0.05) is 37.7 Å². The third kappa shape index (κ3) is 6.46. The van der Waals surface area contributed by atoms with Gasteiger partial charge in [0.1, 0.15) is 23.3 Å². The fraction of sp³-hybridized carbons (Fsp3) is 0.516. The normalized spacial score (nSPS) is 25.7. The van der Waals surface area contributed by atoms with Crippen LogP contribution in [0.5, 0.6) is 5.88 Å². The molecule has 0 radical (unpaired) electrons. The molecule has 1 aromatic heterocycles. The molecule has 1 aromatic carbocycles. The molecule has 3 fully saturated rings. The van der Waals surface area contributed by atoms with Crippen molar-refractivity contribution < 1.29 is 32.3 Å². The SMILES string of the molecule is C=CC1CC1(NC(=O)[C@@H]1C[C@@H](Oc2ccnc(N3Cc4ccccc4C3)n2)CN1C(=O)OC(C)(C)C)C(=O)NS(=O)(=O)C1CC1. The summed E-state index contributed by atoms with van der Waals surface area (Å²) >= 11 is 0. The molecule has 2 aliphatic heterocycles. The van der Waals surface area contributed by atoms with E-state index < -0.39 is 62.4 Å². The maximum atomic E-state index is 13.8. The Bertz CT molecular complexity index is 1610. The van der Waals surface area contributed by atoms with Crippen molar-refractivity contribution in [3.05, 3.63) is 60.3 Å². The maximum Gasteiger partial charge on any atom is 0.411 e. The third-order valence-corrected chi connectivity index (χ3v) is 10.3. The van der Waals surface area contributed by atoms with Gasteiger partial charge in [-0.2, -0.15) is 4.98 Å². The first kappa shape index (κ1) is 30.8. The summed E-state index contributed by atoms with van der Waals surface area (Å²) in [4.78, 5) is 52.6. The van der Waals surface area contributed by atoms with Crippen LogP contribution in [0.3, 0.4) is 0 Å². The summed E-state index contributed by atoms with van der Waals surface area (Å²) in [5.41, 5.74) is 0.107. The first-order chi connectivity index (χ1) is 21.3. The van der Waals surface area contributed by atoms with Crippen molar-refractivity contribution in [2.75, 3.05) is 11.4 Å². The van der Waals surface area contributed by atoms with Crippen LogP contribution < -0.4 is 19.7 Å². The van der Waals surface area contributed by atoms with Gasteiger partial charge in [-0.05, 0) is 51.2 Å². The summed E-state index contributed by atoms with van der Waals surface area (Å²) in [7, 11) is -3.83. The fourth-order valence-electron chi connectivity index (χ4n) is 5.87. The van der Waals surface area contributed by atoms with E-state index in [1.54, 1.807) is 33.0 Å². The topological polar surface area (TPSA) is 160 Å². The van der Waals surface area contributed by atoms with Gasteiger partial charge in [0.15, 0.2) is 0 Å². The van der Waals surface area contributed by atoms with Gasteiger partial charge in [-0.3, -0.25) is 19.2 Å². The molecule has 4 atom stereocenters. The van der Waals surface area contributed by atoms with E-state index in [0.29, 0.717) is 37.8 Å². The minimum absolute atomic E-state index is 0.0294. The Hall–Kier alpha value is -4.20. The van der Waals surface area contributed by atoms with Crippen LogP contribution in [0.15, 0.2) is 49.2 Å². The van der Waals surface area contributed by atoms with Crippen molar-refractivity contribution in [2.45, 2.75) is 88.1 Å². The number of aromatic nitrogens is 2. The molecule has 3 heterocycles. The summed E-state index contributed by atoms with van der Waals surface area (Å²) in [6.45, 7) is 10.3. The third-order valence-electron chi connectivity index (χ3n) is 8.47. The minimum atomic E-state index is -3.83. The fourth-order valence-corrected chi connectivity index (χ4v) is 7.23. The van der Waals surface area contributed by atoms with Crippen LogP contribution in [0.4, 0.5) is 10.7 Å². The van der Waals surface area contributed by atoms with Crippen molar-refractivity contribution >= 4 is 33.9 Å². The second-order valence-electron chi connectivity index (χ2n) is 13.1. The molecule has 6 rings (SSSR count). The van der Waals surface area contributed by atoms with Crippen molar-refractivity contribution in [1.29, 1.82) is 0 Å². The van der Waals surface area contributed by atoms with Crippen LogP contribution >= 0.6 is 0 Å². The largest absolute Gasteiger partial charge is 0.472 e. The van der Waals surface area contributed by atoms with Crippen LogP contribution in [0.2, 0.25) is 0 Å². The minimum Gasteiger partial charge on any atom is -0.472 e. The van der Waals surface area contributed by atoms with Crippen molar-refractivity contribution in [1.82, 2.24) is 24.9 Å². The molecule has 2 aliphatic carbocycles. The number of ether oxygens (including phenoxy) is 2. The van der Waals surface area contributed by atoms with Crippen LogP contribution in [-0.4, -0.2) is 76.3 Å². The smallest absolute Gasteiger partial charge is 0.411 e. The molecule has 240 valence electrons. The first-order valence-electron chi connectivity index (χ1n) is 15.1. The van der Waals surface area contributed by atoms with Gasteiger partial charge in [-0.15, -0.1) is 6.58 Å². The number of benzene rings is 1. The second kappa shape index (κ2) is 11.3. The van der Waals surface area contributed by atoms with Gasteiger partial charge < -0.3 is 19.7 Å². The summed E-state index contributed by atoms with van der Waals surface area (Å²) < 4.78 is 38.9. The molecule has 13 nitrogen and oxygen atoms in total. The van der Waals surface area contributed by atoms with E-state index in [9.17, 15) is 22.8 Å². The highest BCUT2D eigenvalue weighted by molar-refractivity contribution is 7.91. The summed E-state index contributed by atoms with van der Waals surface area (Å²) in [5, 5.41) is 2.15. The number of fused-ring (bicyclic) bond motifs is 1. The number of nitrogens with one attached hydrogen (secondary N) is 2. The van der Waals surface area contributed by atoms with Crippen LogP contribution in [0.1, 0.15) is 57.6 Å². The molecule has 2 saturated carbocycles. The monoisotopic (exact) mass is 638 g/mol. The van der Waals surface area contributed by atoms with Gasteiger partial charge in [-0.25, -0.2) is 18.2 Å². The van der Waals surface area contributed by atoms with E-state index in [0.717, 1.165) is 0 Å². The number of nitrogens with zero attached hydrogens (tertiary/aromatic N) is 4. The first-order valence-corrected chi connectivity index (χ1v) is 16.6. The highest BCUT2D eigenvalue weighted by Crippen LogP contribution is 2.45. The zero-order chi connectivity index (χ0) is 32.1. The molecular formula is C31H38N6O7S. The van der Waals surface area contributed by atoms with E-state index in [1.165, 1.54) is 22.1 Å². The highest BCUT2D eigenvalue weighted by Gasteiger charge is 2.62. The van der Waals surface area contributed by atoms with Gasteiger partial charge >= 0.3 is 6.09 Å². The van der Waals surface area contributed by atoms with E-state index in [2.05, 4.69) is 38.7 Å². The van der Waals surface area contributed by atoms with Crippen LogP contribution in [0, 0.1) is 5.92 Å². The molecule has 3 amide bonds. The molecule has 0 bridgehead atoms. The molecule has 4 aliphatic rings. The number of carbonyl (C=O) groups is 3. The average Bonchev–Trinajstić information content (AvgIpc) is 3.87. The van der Waals surface area contributed by atoms with Crippen molar-refractivity contribution in [3.8, 4) is 5.88 Å². The Kier molecular flexibility index (Phi) is 7.74. The van der Waals surface area contributed by atoms with Gasteiger partial charge in [-0.1, -0.05) is 30.3 Å². The standard InChI is InChI=1S/C31H38N6O7S/c1-5-21-15-31(21,27(39)35-45(41,42)23-10-11-23)34-26(38)24-14-22(18-37(24)29(40)44-30(2,3)4)43-25-12-13-32-28(33-25)36-16-19-8-6-7-9-20(19)17-36/h5-9,12-13,21-24H,1,10-11,14-18H2,2-4H3,(H,34,38)(H,35,39)/t21?,22-,24+,31?/m1/s1. The van der Waals surface area contributed by atoms with Gasteiger partial charge in [0.2, 0.25) is 27.8 Å². The molecule has 0 spiro atoms. The Labute approximate surface area is 262 Å². The second-order valence-corrected chi connectivity index (χ2v) is 15.1. The quantitative estimate of drug-likeness (QED) is 0.391.